The number of alkyl carbamates (subject to hydrolysis) is 1. The SMILES string of the molecule is CN=C(NCCCCCN1CCCCC1)NC1CCC(NC(=O)OC(C)(C)C)CC1. The number of hydrogen-bond donors (Lipinski definition) is 3. The van der Waals surface area contributed by atoms with Crippen molar-refractivity contribution in [1.29, 1.82) is 0 Å². The lowest BCUT2D eigenvalue weighted by Gasteiger charge is -2.31. The van der Waals surface area contributed by atoms with Gasteiger partial charge in [-0.25, -0.2) is 4.79 Å². The molecule has 0 aromatic heterocycles. The van der Waals surface area contributed by atoms with E-state index in [-0.39, 0.29) is 12.1 Å². The zero-order valence-corrected chi connectivity index (χ0v) is 19.8. The molecule has 1 heterocycles. The van der Waals surface area contributed by atoms with Crippen LogP contribution in [0.2, 0.25) is 0 Å². The first-order valence-electron chi connectivity index (χ1n) is 12.0. The average molecular weight is 424 g/mol. The van der Waals surface area contributed by atoms with Crippen molar-refractivity contribution in [1.82, 2.24) is 20.9 Å². The number of nitrogens with zero attached hydrogens (tertiary/aromatic N) is 2. The smallest absolute Gasteiger partial charge is 0.407 e. The number of carbonyl (C=O) groups is 1. The monoisotopic (exact) mass is 423 g/mol. The van der Waals surface area contributed by atoms with Crippen molar-refractivity contribution in [2.75, 3.05) is 33.2 Å². The maximum absolute atomic E-state index is 11.9. The Hall–Kier alpha value is -1.50. The Morgan fingerprint density at radius 3 is 2.20 bits per heavy atom. The standard InChI is InChI=1S/C23H45N5O2/c1-23(2,3)30-22(29)27-20-13-11-19(12-14-20)26-21(24-4)25-15-7-5-8-16-28-17-9-6-10-18-28/h19-20H,5-18H2,1-4H3,(H,27,29)(H2,24,25,26). The normalized spacial score (nSPS) is 23.7. The molecule has 0 atom stereocenters. The fourth-order valence-corrected chi connectivity index (χ4v) is 4.27. The van der Waals surface area contributed by atoms with Crippen molar-refractivity contribution in [3.05, 3.63) is 0 Å². The van der Waals surface area contributed by atoms with Gasteiger partial charge in [-0.1, -0.05) is 12.8 Å². The van der Waals surface area contributed by atoms with Crippen LogP contribution in [0.4, 0.5) is 4.79 Å². The van der Waals surface area contributed by atoms with Crippen LogP contribution in [0.1, 0.15) is 85.0 Å². The average Bonchev–Trinajstić information content (AvgIpc) is 2.70. The molecule has 7 nitrogen and oxygen atoms in total. The molecule has 1 aliphatic carbocycles. The molecule has 0 spiro atoms. The highest BCUT2D eigenvalue weighted by Crippen LogP contribution is 2.19. The lowest BCUT2D eigenvalue weighted by molar-refractivity contribution is 0.0490. The van der Waals surface area contributed by atoms with Crippen molar-refractivity contribution in [3.8, 4) is 0 Å². The van der Waals surface area contributed by atoms with Gasteiger partial charge in [0, 0.05) is 25.7 Å². The third-order valence-corrected chi connectivity index (χ3v) is 5.90. The van der Waals surface area contributed by atoms with Gasteiger partial charge in [-0.05, 0) is 91.8 Å². The minimum atomic E-state index is -0.450. The number of carbonyl (C=O) groups excluding carboxylic acids is 1. The summed E-state index contributed by atoms with van der Waals surface area (Å²) in [4.78, 5) is 18.9. The van der Waals surface area contributed by atoms with Crippen LogP contribution in [0.15, 0.2) is 4.99 Å². The molecule has 1 saturated heterocycles. The molecule has 1 saturated carbocycles. The van der Waals surface area contributed by atoms with E-state index in [1.165, 1.54) is 58.2 Å². The fourth-order valence-electron chi connectivity index (χ4n) is 4.27. The molecule has 7 heteroatoms. The molecular formula is C23H45N5O2. The van der Waals surface area contributed by atoms with E-state index in [2.05, 4.69) is 25.8 Å². The van der Waals surface area contributed by atoms with Crippen molar-refractivity contribution >= 4 is 12.1 Å². The van der Waals surface area contributed by atoms with E-state index >= 15 is 0 Å². The number of aliphatic imine (C=N–C) groups is 1. The summed E-state index contributed by atoms with van der Waals surface area (Å²) in [6.45, 7) is 10.5. The van der Waals surface area contributed by atoms with Gasteiger partial charge in [-0.2, -0.15) is 0 Å². The second kappa shape index (κ2) is 13.0. The molecular weight excluding hydrogens is 378 g/mol. The summed E-state index contributed by atoms with van der Waals surface area (Å²) in [6.07, 6.45) is 11.6. The van der Waals surface area contributed by atoms with Crippen molar-refractivity contribution < 1.29 is 9.53 Å². The van der Waals surface area contributed by atoms with E-state index < -0.39 is 5.60 Å². The Labute approximate surface area is 183 Å². The largest absolute Gasteiger partial charge is 0.444 e. The fraction of sp³-hybridized carbons (Fsp3) is 0.913. The minimum absolute atomic E-state index is 0.202. The number of guanidine groups is 1. The molecule has 0 aromatic rings. The Balaban J connectivity index is 1.53. The van der Waals surface area contributed by atoms with Crippen molar-refractivity contribution in [3.63, 3.8) is 0 Å². The van der Waals surface area contributed by atoms with Crippen LogP contribution in [0.3, 0.4) is 0 Å². The van der Waals surface area contributed by atoms with Gasteiger partial charge in [-0.15, -0.1) is 0 Å². The number of piperidine rings is 1. The molecule has 0 unspecified atom stereocenters. The lowest BCUT2D eigenvalue weighted by atomic mass is 9.91. The van der Waals surface area contributed by atoms with E-state index in [4.69, 9.17) is 4.74 Å². The first-order chi connectivity index (χ1) is 14.4. The predicted molar refractivity (Wildman–Crippen MR) is 124 cm³/mol. The molecule has 2 rings (SSSR count). The van der Waals surface area contributed by atoms with Crippen LogP contribution in [-0.4, -0.2) is 67.9 Å². The second-order valence-electron chi connectivity index (χ2n) is 9.80. The summed E-state index contributed by atoms with van der Waals surface area (Å²) in [5.74, 6) is 0.898. The summed E-state index contributed by atoms with van der Waals surface area (Å²) in [5, 5.41) is 10.0. The van der Waals surface area contributed by atoms with Crippen molar-refractivity contribution in [2.24, 2.45) is 4.99 Å². The Bertz CT molecular complexity index is 518. The highest BCUT2D eigenvalue weighted by molar-refractivity contribution is 5.79. The first-order valence-corrected chi connectivity index (χ1v) is 12.0. The summed E-state index contributed by atoms with van der Waals surface area (Å²) in [6, 6.07) is 0.611. The first kappa shape index (κ1) is 24.8. The Morgan fingerprint density at radius 1 is 0.967 bits per heavy atom. The summed E-state index contributed by atoms with van der Waals surface area (Å²) in [5.41, 5.74) is -0.450. The molecule has 1 aliphatic heterocycles. The zero-order chi connectivity index (χ0) is 21.8. The van der Waals surface area contributed by atoms with Crippen LogP contribution >= 0.6 is 0 Å². The van der Waals surface area contributed by atoms with E-state index in [1.54, 1.807) is 0 Å². The van der Waals surface area contributed by atoms with Gasteiger partial charge in [-0.3, -0.25) is 4.99 Å². The molecule has 2 fully saturated rings. The minimum Gasteiger partial charge on any atom is -0.444 e. The number of unbranched alkanes of at least 4 members (excludes halogenated alkanes) is 2. The Kier molecular flexibility index (Phi) is 10.8. The van der Waals surface area contributed by atoms with Gasteiger partial charge >= 0.3 is 6.09 Å². The van der Waals surface area contributed by atoms with Crippen molar-refractivity contribution in [2.45, 2.75) is 103 Å². The van der Waals surface area contributed by atoms with Gasteiger partial charge in [0.15, 0.2) is 5.96 Å². The van der Waals surface area contributed by atoms with Crippen LogP contribution < -0.4 is 16.0 Å². The number of amides is 1. The second-order valence-corrected chi connectivity index (χ2v) is 9.80. The van der Waals surface area contributed by atoms with E-state index in [1.807, 2.05) is 27.8 Å². The molecule has 2 aliphatic rings. The zero-order valence-electron chi connectivity index (χ0n) is 19.8. The lowest BCUT2D eigenvalue weighted by Crippen LogP contribution is -2.48. The number of rotatable bonds is 8. The summed E-state index contributed by atoms with van der Waals surface area (Å²) >= 11 is 0. The van der Waals surface area contributed by atoms with E-state index in [0.29, 0.717) is 6.04 Å². The summed E-state index contributed by atoms with van der Waals surface area (Å²) < 4.78 is 5.36. The summed E-state index contributed by atoms with van der Waals surface area (Å²) in [7, 11) is 1.83. The quantitative estimate of drug-likeness (QED) is 0.316. The van der Waals surface area contributed by atoms with Crippen LogP contribution in [0, 0.1) is 0 Å². The molecule has 0 radical (unpaired) electrons. The van der Waals surface area contributed by atoms with Gasteiger partial charge < -0.3 is 25.6 Å². The van der Waals surface area contributed by atoms with Crippen LogP contribution in [-0.2, 0) is 4.74 Å². The third-order valence-electron chi connectivity index (χ3n) is 5.90. The van der Waals surface area contributed by atoms with Gasteiger partial charge in [0.25, 0.3) is 0 Å². The number of ether oxygens (including phenoxy) is 1. The molecule has 1 amide bonds. The van der Waals surface area contributed by atoms with Gasteiger partial charge in [0.05, 0.1) is 0 Å². The number of likely N-dealkylation sites (tertiary alicyclic amines) is 1. The Morgan fingerprint density at radius 2 is 1.60 bits per heavy atom. The molecule has 3 N–H and O–H groups in total. The van der Waals surface area contributed by atoms with E-state index in [9.17, 15) is 4.79 Å². The van der Waals surface area contributed by atoms with Gasteiger partial charge in [0.2, 0.25) is 0 Å². The molecule has 0 aromatic carbocycles. The maximum Gasteiger partial charge on any atom is 0.407 e. The third kappa shape index (κ3) is 10.5. The van der Waals surface area contributed by atoms with Crippen LogP contribution in [0.5, 0.6) is 0 Å². The number of nitrogens with one attached hydrogen (secondary N) is 3. The topological polar surface area (TPSA) is 78.0 Å². The maximum atomic E-state index is 11.9. The molecule has 30 heavy (non-hydrogen) atoms. The predicted octanol–water partition coefficient (Wildman–Crippen LogP) is 3.64. The van der Waals surface area contributed by atoms with Crippen LogP contribution in [0.25, 0.3) is 0 Å². The van der Waals surface area contributed by atoms with E-state index in [0.717, 1.165) is 38.2 Å². The highest BCUT2D eigenvalue weighted by atomic mass is 16.6. The highest BCUT2D eigenvalue weighted by Gasteiger charge is 2.25. The number of hydrogen-bond acceptors (Lipinski definition) is 4. The van der Waals surface area contributed by atoms with Gasteiger partial charge in [0.1, 0.15) is 5.60 Å². The molecule has 174 valence electrons. The molecule has 0 bridgehead atoms.